The number of esters is 1. The highest BCUT2D eigenvalue weighted by atomic mass is 127. The summed E-state index contributed by atoms with van der Waals surface area (Å²) in [6.07, 6.45) is -0.560. The summed E-state index contributed by atoms with van der Waals surface area (Å²) >= 11 is 8.31. The van der Waals surface area contributed by atoms with Crippen LogP contribution < -0.4 is 4.90 Å². The number of carbonyl (C=O) groups excluding carboxylic acids is 2. The molecule has 0 fully saturated rings. The van der Waals surface area contributed by atoms with E-state index in [1.165, 1.54) is 22.6 Å². The minimum Gasteiger partial charge on any atom is -0.460 e. The van der Waals surface area contributed by atoms with Gasteiger partial charge >= 0.3 is 12.1 Å². The highest BCUT2D eigenvalue weighted by Gasteiger charge is 2.21. The zero-order valence-electron chi connectivity index (χ0n) is 29.2. The summed E-state index contributed by atoms with van der Waals surface area (Å²) in [7, 11) is 0. The van der Waals surface area contributed by atoms with Gasteiger partial charge < -0.3 is 9.47 Å². The first-order valence-electron chi connectivity index (χ1n) is 14.5. The Morgan fingerprint density at radius 2 is 1.21 bits per heavy atom. The molecule has 0 bridgehead atoms. The second kappa shape index (κ2) is 16.9. The molecule has 0 aliphatic rings. The van der Waals surface area contributed by atoms with Crippen LogP contribution in [0, 0.1) is 27.7 Å². The lowest BCUT2D eigenvalue weighted by molar-refractivity contribution is -0.153. The predicted molar refractivity (Wildman–Crippen MR) is 178 cm³/mol. The molecule has 0 saturated carbocycles. The van der Waals surface area contributed by atoms with Crippen LogP contribution in [-0.4, -0.2) is 35.1 Å². The van der Waals surface area contributed by atoms with Gasteiger partial charge in [-0.2, -0.15) is 0 Å². The largest absolute Gasteiger partial charge is 0.460 e. The van der Waals surface area contributed by atoms with Crippen LogP contribution in [0.3, 0.4) is 0 Å². The molecule has 8 heteroatoms. The summed E-state index contributed by atoms with van der Waals surface area (Å²) in [5, 5.41) is 0. The molecule has 0 aliphatic carbocycles. The van der Waals surface area contributed by atoms with Gasteiger partial charge in [0.15, 0.2) is 0 Å². The van der Waals surface area contributed by atoms with E-state index in [0.29, 0.717) is 17.0 Å². The van der Waals surface area contributed by atoms with Crippen LogP contribution in [0.5, 0.6) is 0 Å². The third kappa shape index (κ3) is 14.3. The van der Waals surface area contributed by atoms with Crippen LogP contribution in [0.15, 0.2) is 33.2 Å². The Kier molecular flexibility index (Phi) is 12.6. The van der Waals surface area contributed by atoms with Gasteiger partial charge in [0.1, 0.15) is 11.2 Å². The van der Waals surface area contributed by atoms with Gasteiger partial charge in [-0.05, 0) is 114 Å². The Morgan fingerprint density at radius 3 is 1.55 bits per heavy atom. The van der Waals surface area contributed by atoms with Gasteiger partial charge in [-0.3, -0.25) is 9.69 Å². The highest BCUT2D eigenvalue weighted by Crippen LogP contribution is 2.27. The maximum atomic E-state index is 12.2. The molecular weight excluding hydrogens is 725 g/mol. The van der Waals surface area contributed by atoms with Crippen molar-refractivity contribution in [3.05, 3.63) is 61.0 Å². The number of alkyl halides is 1. The van der Waals surface area contributed by atoms with E-state index in [9.17, 15) is 9.59 Å². The molecule has 2 aromatic carbocycles. The van der Waals surface area contributed by atoms with E-state index in [-0.39, 0.29) is 13.4 Å². The summed E-state index contributed by atoms with van der Waals surface area (Å²) < 4.78 is 54.1. The molecule has 2 aromatic rings. The second-order valence-electron chi connectivity index (χ2n) is 10.5. The number of amides is 1. The van der Waals surface area contributed by atoms with Crippen molar-refractivity contribution in [3.63, 3.8) is 0 Å². The van der Waals surface area contributed by atoms with E-state index >= 15 is 0 Å². The third-order valence-electron chi connectivity index (χ3n) is 4.52. The van der Waals surface area contributed by atoms with Crippen molar-refractivity contribution in [3.8, 4) is 0 Å². The summed E-state index contributed by atoms with van der Waals surface area (Å²) in [6, 6.07) is 7.32. The zero-order valence-corrected chi connectivity index (χ0v) is 28.6. The van der Waals surface area contributed by atoms with E-state index in [2.05, 4.69) is 31.9 Å². The van der Waals surface area contributed by atoms with E-state index < -0.39 is 29.1 Å². The molecule has 5 nitrogen and oxygen atoms in total. The number of benzene rings is 2. The van der Waals surface area contributed by atoms with Crippen LogP contribution in [0.25, 0.3) is 0 Å². The van der Waals surface area contributed by atoms with Crippen LogP contribution in [0.1, 0.15) is 85.0 Å². The summed E-state index contributed by atoms with van der Waals surface area (Å²) in [4.78, 5) is 22.9. The van der Waals surface area contributed by atoms with Crippen LogP contribution in [0.4, 0.5) is 10.5 Å². The summed E-state index contributed by atoms with van der Waals surface area (Å²) in [5.41, 5.74) is 4.09. The molecular formula is C30H46Br2INO4. The number of hydrogen-bond acceptors (Lipinski definition) is 4. The minimum atomic E-state index is -2.62. The molecule has 0 aromatic heterocycles. The first-order valence-corrected chi connectivity index (χ1v) is 14.1. The maximum Gasteiger partial charge on any atom is 0.414 e. The number of anilines is 1. The molecule has 0 saturated heterocycles. The number of carbonyl (C=O) groups is 2. The van der Waals surface area contributed by atoms with Gasteiger partial charge in [-0.15, -0.1) is 0 Å². The van der Waals surface area contributed by atoms with Gasteiger partial charge in [0.25, 0.3) is 0 Å². The van der Waals surface area contributed by atoms with E-state index in [1.54, 1.807) is 32.9 Å². The fraction of sp³-hybridized carbons (Fsp3) is 0.533. The molecule has 0 radical (unpaired) electrons. The Morgan fingerprint density at radius 1 is 0.842 bits per heavy atom. The number of aryl methyl sites for hydroxylation is 4. The van der Waals surface area contributed by atoms with E-state index in [0.717, 1.165) is 36.8 Å². The molecule has 38 heavy (non-hydrogen) atoms. The molecule has 0 aliphatic heterocycles. The highest BCUT2D eigenvalue weighted by molar-refractivity contribution is 14.1. The Hall–Kier alpha value is -1.13. The van der Waals surface area contributed by atoms with Crippen LogP contribution in [-0.2, 0) is 20.7 Å². The van der Waals surface area contributed by atoms with Crippen LogP contribution >= 0.6 is 54.5 Å². The number of rotatable bonds is 3. The Balaban J connectivity index is 0. The van der Waals surface area contributed by atoms with Gasteiger partial charge in [0.05, 0.1) is 6.42 Å². The van der Waals surface area contributed by atoms with Gasteiger partial charge in [0, 0.05) is 29.8 Å². The molecule has 216 valence electrons. The lowest BCUT2D eigenvalue weighted by atomic mass is 10.0. The normalized spacial score (nSPS) is 13.6. The molecule has 0 unspecified atom stereocenters. The van der Waals surface area contributed by atoms with Crippen LogP contribution in [0.2, 0.25) is 0 Å². The van der Waals surface area contributed by atoms with Crippen molar-refractivity contribution >= 4 is 72.2 Å². The Labute approximate surface area is 270 Å². The first-order chi connectivity index (χ1) is 19.0. The maximum absolute atomic E-state index is 12.2. The number of ether oxygens (including phenoxy) is 2. The summed E-state index contributed by atoms with van der Waals surface area (Å²) in [6.45, 7) is 15.8. The number of nitrogens with zero attached hydrogens (tertiary/aromatic N) is 1. The smallest absolute Gasteiger partial charge is 0.414 e. The second-order valence-corrected chi connectivity index (χ2v) is 12.1. The fourth-order valence-electron chi connectivity index (χ4n) is 3.15. The molecule has 1 amide bonds. The molecule has 0 spiro atoms. The van der Waals surface area contributed by atoms with E-state index in [1.807, 2.05) is 60.6 Å². The van der Waals surface area contributed by atoms with Crippen molar-refractivity contribution in [1.29, 1.82) is 0 Å². The SMILES string of the molecule is C.Cc1cc(CC(=O)OC(C)(C)C)cc(C)c1Br.[2H]C([2H])([2H])I.[2H]C([2H])([2H])N(C(=O)OC(C)(C)C)c1cc(C)c(Br)c(C)c1. The van der Waals surface area contributed by atoms with Crippen molar-refractivity contribution < 1.29 is 27.3 Å². The average molecular weight is 777 g/mol. The van der Waals surface area contributed by atoms with Crippen molar-refractivity contribution in [2.45, 2.75) is 94.3 Å². The zero-order chi connectivity index (χ0) is 34.3. The quantitative estimate of drug-likeness (QED) is 0.177. The van der Waals surface area contributed by atoms with Crippen molar-refractivity contribution in [2.24, 2.45) is 0 Å². The summed E-state index contributed by atoms with van der Waals surface area (Å²) in [5.74, 6) is -0.182. The monoisotopic (exact) mass is 775 g/mol. The number of hydrogen-bond donors (Lipinski definition) is 0. The lowest BCUT2D eigenvalue weighted by Crippen LogP contribution is -2.34. The molecule has 0 atom stereocenters. The van der Waals surface area contributed by atoms with Gasteiger partial charge in [-0.25, -0.2) is 4.79 Å². The standard InChI is InChI=1S/C14H20BrNO2.C14H19BrO2.CH3I.CH4/c1-9-7-11(8-10(2)12(9)15)16(6)13(17)18-14(3,4)5;1-9-6-11(7-10(2)13(9)15)8-12(16)17-14(3,4)5;1-2;/h7-8H,1-6H3;6-7H,8H2,1-5H3;1H3;1H4/i6D3;;1D3;. The third-order valence-corrected chi connectivity index (χ3v) is 7.02. The molecule has 0 heterocycles. The first kappa shape index (κ1) is 28.4. The topological polar surface area (TPSA) is 55.8 Å². The van der Waals surface area contributed by atoms with Crippen molar-refractivity contribution in [1.82, 2.24) is 0 Å². The predicted octanol–water partition coefficient (Wildman–Crippen LogP) is 10.1. The van der Waals surface area contributed by atoms with E-state index in [4.69, 9.17) is 17.7 Å². The van der Waals surface area contributed by atoms with Gasteiger partial charge in [-0.1, -0.05) is 74.0 Å². The minimum absolute atomic E-state index is 0. The van der Waals surface area contributed by atoms with Crippen molar-refractivity contribution in [2.75, 3.05) is 16.7 Å². The Bertz CT molecular complexity index is 1220. The molecule has 2 rings (SSSR count). The fourth-order valence-corrected chi connectivity index (χ4v) is 3.60. The average Bonchev–Trinajstić information content (AvgIpc) is 2.71. The number of halogens is 3. The molecule has 0 N–H and O–H groups in total. The van der Waals surface area contributed by atoms with Gasteiger partial charge in [0.2, 0.25) is 0 Å². The lowest BCUT2D eigenvalue weighted by Gasteiger charge is -2.25.